The van der Waals surface area contributed by atoms with Crippen molar-refractivity contribution in [2.75, 3.05) is 6.61 Å². The molecule has 0 rings (SSSR count). The van der Waals surface area contributed by atoms with Gasteiger partial charge >= 0.3 is 0 Å². The van der Waals surface area contributed by atoms with Crippen LogP contribution < -0.4 is 5.32 Å². The number of carbonyl (C=O) groups is 1. The van der Waals surface area contributed by atoms with E-state index in [2.05, 4.69) is 31.3 Å². The largest absolute Gasteiger partial charge is 0.394 e. The second kappa shape index (κ2) is 57.7. The van der Waals surface area contributed by atoms with Crippen LogP contribution in [-0.2, 0) is 4.79 Å². The molecule has 3 unspecified atom stereocenters. The second-order valence-corrected chi connectivity index (χ2v) is 21.6. The van der Waals surface area contributed by atoms with Gasteiger partial charge in [-0.15, -0.1) is 0 Å². The van der Waals surface area contributed by atoms with Crippen LogP contribution in [0.5, 0.6) is 0 Å². The van der Waals surface area contributed by atoms with Gasteiger partial charge in [-0.2, -0.15) is 0 Å². The van der Waals surface area contributed by atoms with Gasteiger partial charge in [-0.05, 0) is 38.5 Å². The van der Waals surface area contributed by atoms with Crippen LogP contribution in [0.2, 0.25) is 0 Å². The maximum absolute atomic E-state index is 12.5. The van der Waals surface area contributed by atoms with Gasteiger partial charge in [-0.25, -0.2) is 0 Å². The minimum atomic E-state index is -1.16. The topological polar surface area (TPSA) is 89.8 Å². The molecule has 5 heteroatoms. The maximum atomic E-state index is 12.5. The average molecular weight is 947 g/mol. The van der Waals surface area contributed by atoms with Crippen molar-refractivity contribution in [2.24, 2.45) is 0 Å². The standard InChI is InChI=1S/C62H123NO4/c1-3-5-7-9-11-13-15-17-19-21-23-25-27-29-30-31-32-33-35-37-39-41-43-45-47-49-51-53-55-57-61(66)63-59(58-64)62(67)60(65)56-54-52-50-48-46-44-42-40-38-36-34-28-26-24-22-20-18-16-14-12-10-8-6-4-2/h48,50,59-60,62,64-65,67H,3-47,49,51-58H2,1-2H3,(H,63,66)/b50-48+. The zero-order chi connectivity index (χ0) is 48.6. The van der Waals surface area contributed by atoms with Gasteiger partial charge in [0.1, 0.15) is 6.10 Å². The molecule has 0 fully saturated rings. The van der Waals surface area contributed by atoms with E-state index in [4.69, 9.17) is 0 Å². The Bertz CT molecular complexity index is 956. The van der Waals surface area contributed by atoms with Crippen molar-refractivity contribution in [2.45, 2.75) is 372 Å². The fraction of sp³-hybridized carbons (Fsp3) is 0.952. The third-order valence-electron chi connectivity index (χ3n) is 14.9. The lowest BCUT2D eigenvalue weighted by Crippen LogP contribution is -2.50. The monoisotopic (exact) mass is 946 g/mol. The molecule has 0 aromatic heterocycles. The van der Waals surface area contributed by atoms with Crippen LogP contribution in [0, 0.1) is 0 Å². The lowest BCUT2D eigenvalue weighted by Gasteiger charge is -2.26. The van der Waals surface area contributed by atoms with E-state index in [1.807, 2.05) is 0 Å². The molecule has 0 aliphatic rings. The Morgan fingerprint density at radius 2 is 0.597 bits per heavy atom. The predicted octanol–water partition coefficient (Wildman–Crippen LogP) is 19.5. The summed E-state index contributed by atoms with van der Waals surface area (Å²) >= 11 is 0. The van der Waals surface area contributed by atoms with Crippen LogP contribution >= 0.6 is 0 Å². The van der Waals surface area contributed by atoms with Crippen molar-refractivity contribution < 1.29 is 20.1 Å². The van der Waals surface area contributed by atoms with E-state index in [-0.39, 0.29) is 12.5 Å². The Labute approximate surface area is 420 Å². The van der Waals surface area contributed by atoms with Gasteiger partial charge in [0.25, 0.3) is 0 Å². The normalized spacial score (nSPS) is 13.2. The van der Waals surface area contributed by atoms with Crippen LogP contribution in [0.1, 0.15) is 354 Å². The van der Waals surface area contributed by atoms with Crippen LogP contribution in [-0.4, -0.2) is 46.1 Å². The molecule has 4 N–H and O–H groups in total. The lowest BCUT2D eigenvalue weighted by molar-refractivity contribution is -0.124. The zero-order valence-electron chi connectivity index (χ0n) is 45.8. The Kier molecular flexibility index (Phi) is 56.9. The van der Waals surface area contributed by atoms with Crippen molar-refractivity contribution in [3.63, 3.8) is 0 Å². The van der Waals surface area contributed by atoms with E-state index in [1.165, 1.54) is 289 Å². The van der Waals surface area contributed by atoms with E-state index in [1.54, 1.807) is 0 Å². The van der Waals surface area contributed by atoms with Crippen molar-refractivity contribution >= 4 is 5.91 Å². The summed E-state index contributed by atoms with van der Waals surface area (Å²) in [5.41, 5.74) is 0. The zero-order valence-corrected chi connectivity index (χ0v) is 45.8. The molecule has 0 saturated heterocycles. The number of aliphatic hydroxyl groups excluding tert-OH is 3. The fourth-order valence-corrected chi connectivity index (χ4v) is 10.1. The maximum Gasteiger partial charge on any atom is 0.220 e. The smallest absolute Gasteiger partial charge is 0.220 e. The SMILES string of the molecule is CCCCCCCCCCCCCCCCCCCCC/C=C/CCCC(O)C(O)C(CO)NC(=O)CCCCCCCCCCCCCCCCCCCCCCCCCCCCCCC. The molecular formula is C62H123NO4. The number of aliphatic hydroxyl groups is 3. The van der Waals surface area contributed by atoms with Crippen LogP contribution in [0.3, 0.4) is 0 Å². The molecule has 5 nitrogen and oxygen atoms in total. The Hall–Kier alpha value is -0.910. The summed E-state index contributed by atoms with van der Waals surface area (Å²) in [5.74, 6) is -0.145. The molecular weight excluding hydrogens is 823 g/mol. The number of carbonyl (C=O) groups excluding carboxylic acids is 1. The summed E-state index contributed by atoms with van der Waals surface area (Å²) in [6, 6.07) is -0.823. The van der Waals surface area contributed by atoms with Gasteiger partial charge in [0.15, 0.2) is 0 Å². The van der Waals surface area contributed by atoms with E-state index in [9.17, 15) is 20.1 Å². The van der Waals surface area contributed by atoms with Gasteiger partial charge < -0.3 is 20.6 Å². The molecule has 0 bridgehead atoms. The number of unbranched alkanes of at least 4 members (excludes halogenated alkanes) is 48. The molecule has 0 aromatic carbocycles. The number of hydrogen-bond acceptors (Lipinski definition) is 4. The van der Waals surface area contributed by atoms with Gasteiger partial charge in [0, 0.05) is 6.42 Å². The van der Waals surface area contributed by atoms with Crippen LogP contribution in [0.4, 0.5) is 0 Å². The number of amides is 1. The first-order valence-corrected chi connectivity index (χ1v) is 31.0. The first kappa shape index (κ1) is 66.1. The second-order valence-electron chi connectivity index (χ2n) is 21.6. The average Bonchev–Trinajstić information content (AvgIpc) is 3.33. The third-order valence-corrected chi connectivity index (χ3v) is 14.9. The van der Waals surface area contributed by atoms with Crippen molar-refractivity contribution in [3.8, 4) is 0 Å². The minimum absolute atomic E-state index is 0.145. The van der Waals surface area contributed by atoms with Crippen molar-refractivity contribution in [1.82, 2.24) is 5.32 Å². The Morgan fingerprint density at radius 3 is 0.866 bits per heavy atom. The quantitative estimate of drug-likeness (QED) is 0.0361. The third kappa shape index (κ3) is 52.7. The molecule has 0 aliphatic carbocycles. The van der Waals surface area contributed by atoms with E-state index in [0.29, 0.717) is 12.8 Å². The summed E-state index contributed by atoms with van der Waals surface area (Å²) in [6.45, 7) is 4.22. The Morgan fingerprint density at radius 1 is 0.358 bits per heavy atom. The van der Waals surface area contributed by atoms with Crippen LogP contribution in [0.25, 0.3) is 0 Å². The Balaban J connectivity index is 3.50. The molecule has 0 spiro atoms. The minimum Gasteiger partial charge on any atom is -0.394 e. The first-order chi connectivity index (χ1) is 33.1. The molecule has 0 aromatic rings. The highest BCUT2D eigenvalue weighted by Crippen LogP contribution is 2.19. The van der Waals surface area contributed by atoms with E-state index >= 15 is 0 Å². The summed E-state index contributed by atoms with van der Waals surface area (Å²) in [6.07, 6.45) is 72.5. The molecule has 400 valence electrons. The summed E-state index contributed by atoms with van der Waals surface area (Å²) in [7, 11) is 0. The van der Waals surface area contributed by atoms with Crippen molar-refractivity contribution in [1.29, 1.82) is 0 Å². The first-order valence-electron chi connectivity index (χ1n) is 31.0. The summed E-state index contributed by atoms with van der Waals surface area (Å²) < 4.78 is 0. The van der Waals surface area contributed by atoms with E-state index < -0.39 is 18.2 Å². The summed E-state index contributed by atoms with van der Waals surface area (Å²) in [5, 5.41) is 33.8. The predicted molar refractivity (Wildman–Crippen MR) is 296 cm³/mol. The van der Waals surface area contributed by atoms with Gasteiger partial charge in [-0.3, -0.25) is 4.79 Å². The molecule has 0 radical (unpaired) electrons. The number of rotatable bonds is 58. The van der Waals surface area contributed by atoms with Crippen LogP contribution in [0.15, 0.2) is 12.2 Å². The number of hydrogen-bond donors (Lipinski definition) is 4. The van der Waals surface area contributed by atoms with Gasteiger partial charge in [-0.1, -0.05) is 321 Å². The van der Waals surface area contributed by atoms with E-state index in [0.717, 1.165) is 38.5 Å². The van der Waals surface area contributed by atoms with Crippen molar-refractivity contribution in [3.05, 3.63) is 12.2 Å². The highest BCUT2D eigenvalue weighted by molar-refractivity contribution is 5.76. The molecule has 0 aliphatic heterocycles. The number of nitrogens with one attached hydrogen (secondary N) is 1. The molecule has 0 heterocycles. The van der Waals surface area contributed by atoms with Gasteiger partial charge in [0.2, 0.25) is 5.91 Å². The lowest BCUT2D eigenvalue weighted by atomic mass is 10.0. The number of allylic oxidation sites excluding steroid dienone is 2. The van der Waals surface area contributed by atoms with Gasteiger partial charge in [0.05, 0.1) is 18.8 Å². The fourth-order valence-electron chi connectivity index (χ4n) is 10.1. The molecule has 3 atom stereocenters. The molecule has 0 saturated carbocycles. The summed E-state index contributed by atoms with van der Waals surface area (Å²) in [4.78, 5) is 12.5. The molecule has 67 heavy (non-hydrogen) atoms. The highest BCUT2D eigenvalue weighted by Gasteiger charge is 2.26. The highest BCUT2D eigenvalue weighted by atomic mass is 16.3. The molecule has 1 amide bonds.